The number of imidazole rings is 1. The van der Waals surface area contributed by atoms with Crippen LogP contribution in [-0.4, -0.2) is 46.0 Å². The molecule has 12 heteroatoms. The van der Waals surface area contributed by atoms with Gasteiger partial charge in [-0.3, -0.25) is 14.2 Å². The average Bonchev–Trinajstić information content (AvgIpc) is 3.42. The van der Waals surface area contributed by atoms with E-state index in [1.807, 2.05) is 11.2 Å². The topological polar surface area (TPSA) is 85.8 Å². The van der Waals surface area contributed by atoms with Crippen molar-refractivity contribution in [3.63, 3.8) is 0 Å². The fourth-order valence-electron chi connectivity index (χ4n) is 3.47. The van der Waals surface area contributed by atoms with Crippen LogP contribution in [0.25, 0.3) is 16.9 Å². The molecule has 1 aliphatic carbocycles. The summed E-state index contributed by atoms with van der Waals surface area (Å²) in [5, 5.41) is 0.712. The molecule has 1 amide bonds. The Kier molecular flexibility index (Phi) is 6.13. The fraction of sp³-hybridized carbons (Fsp3) is 0.350. The van der Waals surface area contributed by atoms with Crippen molar-refractivity contribution in [3.8, 4) is 17.0 Å². The Morgan fingerprint density at radius 3 is 2.75 bits per heavy atom. The number of ether oxygens (including phenoxy) is 1. The molecule has 0 spiro atoms. The van der Waals surface area contributed by atoms with Crippen LogP contribution in [-0.2, 0) is 4.79 Å². The van der Waals surface area contributed by atoms with Crippen molar-refractivity contribution in [3.05, 3.63) is 35.6 Å². The second-order valence-corrected chi connectivity index (χ2v) is 8.60. The minimum atomic E-state index is -4.82. The van der Waals surface area contributed by atoms with Crippen molar-refractivity contribution in [2.75, 3.05) is 24.2 Å². The molecule has 7 nitrogen and oxygen atoms in total. The van der Waals surface area contributed by atoms with Gasteiger partial charge in [-0.15, -0.1) is 24.9 Å². The number of carbonyl (C=O) groups is 1. The molecule has 32 heavy (non-hydrogen) atoms. The van der Waals surface area contributed by atoms with Crippen molar-refractivity contribution in [2.24, 2.45) is 11.7 Å². The van der Waals surface area contributed by atoms with E-state index >= 15 is 0 Å². The molecule has 170 valence electrons. The van der Waals surface area contributed by atoms with E-state index in [2.05, 4.69) is 14.7 Å². The first-order chi connectivity index (χ1) is 15.2. The average molecular weight is 486 g/mol. The Hall–Kier alpha value is -2.66. The predicted molar refractivity (Wildman–Crippen MR) is 116 cm³/mol. The Bertz CT molecular complexity index is 1170. The molecule has 0 unspecified atom stereocenters. The Morgan fingerprint density at radius 2 is 2.16 bits per heavy atom. The minimum absolute atomic E-state index is 0.0366. The van der Waals surface area contributed by atoms with Gasteiger partial charge in [0.25, 0.3) is 0 Å². The van der Waals surface area contributed by atoms with Gasteiger partial charge in [-0.05, 0) is 43.2 Å². The van der Waals surface area contributed by atoms with Crippen molar-refractivity contribution >= 4 is 40.7 Å². The third kappa shape index (κ3) is 4.88. The molecule has 4 rings (SSSR count). The molecule has 1 saturated carbocycles. The zero-order valence-corrected chi connectivity index (χ0v) is 18.5. The van der Waals surface area contributed by atoms with Gasteiger partial charge in [0.05, 0.1) is 11.6 Å². The zero-order chi connectivity index (χ0) is 23.0. The second-order valence-electron chi connectivity index (χ2n) is 7.39. The normalized spacial score (nSPS) is 14.0. The summed E-state index contributed by atoms with van der Waals surface area (Å²) >= 11 is 7.69. The molecule has 0 saturated heterocycles. The number of rotatable bonds is 8. The van der Waals surface area contributed by atoms with Gasteiger partial charge in [0.2, 0.25) is 5.91 Å². The van der Waals surface area contributed by atoms with Crippen LogP contribution in [0.3, 0.4) is 0 Å². The number of amides is 1. The molecular formula is C20H19ClF3N5O2S. The van der Waals surface area contributed by atoms with Crippen LogP contribution in [0.5, 0.6) is 5.75 Å². The first-order valence-corrected chi connectivity index (χ1v) is 11.3. The van der Waals surface area contributed by atoms with E-state index in [1.165, 1.54) is 23.9 Å². The molecule has 3 aromatic rings. The molecule has 1 aromatic carbocycles. The van der Waals surface area contributed by atoms with Crippen LogP contribution >= 0.6 is 23.4 Å². The lowest BCUT2D eigenvalue weighted by Crippen LogP contribution is -2.36. The Morgan fingerprint density at radius 1 is 1.41 bits per heavy atom. The summed E-state index contributed by atoms with van der Waals surface area (Å²) in [6, 6.07) is 3.66. The van der Waals surface area contributed by atoms with Crippen molar-refractivity contribution in [1.82, 2.24) is 14.4 Å². The third-order valence-corrected chi connectivity index (χ3v) is 5.90. The lowest BCUT2D eigenvalue weighted by Gasteiger charge is -2.23. The molecule has 0 atom stereocenters. The summed E-state index contributed by atoms with van der Waals surface area (Å²) < 4.78 is 43.3. The number of thioether (sulfide) groups is 1. The molecule has 1 aliphatic rings. The van der Waals surface area contributed by atoms with E-state index in [1.54, 1.807) is 16.8 Å². The Balaban J connectivity index is 1.80. The third-order valence-electron chi connectivity index (χ3n) is 4.93. The molecular weight excluding hydrogens is 467 g/mol. The van der Waals surface area contributed by atoms with Crippen LogP contribution in [0.15, 0.2) is 35.6 Å². The first kappa shape index (κ1) is 22.5. The number of benzene rings is 1. The minimum Gasteiger partial charge on any atom is -0.406 e. The van der Waals surface area contributed by atoms with Crippen molar-refractivity contribution < 1.29 is 22.7 Å². The number of carbonyl (C=O) groups excluding carboxylic acids is 1. The van der Waals surface area contributed by atoms with Crippen molar-refractivity contribution in [1.29, 1.82) is 0 Å². The SMILES string of the molecule is CSc1nc2c(-c3ccc(OC(F)(F)F)cc3Cl)nccn2c1N(CC(N)=O)CC1CC1. The molecule has 0 radical (unpaired) electrons. The summed E-state index contributed by atoms with van der Waals surface area (Å²) in [6.07, 6.45) is 2.50. The van der Waals surface area contributed by atoms with Crippen LogP contribution < -0.4 is 15.4 Å². The Labute approximate surface area is 190 Å². The maximum atomic E-state index is 12.5. The summed E-state index contributed by atoms with van der Waals surface area (Å²) in [7, 11) is 0. The standard InChI is InChI=1S/C20H19ClF3N5O2S/c1-32-18-19(28(10-15(25)30)9-11-2-3-11)29-7-6-26-16(17(29)27-18)13-5-4-12(8-14(13)21)31-20(22,23)24/h4-8,11H,2-3,9-10H2,1H3,(H2,25,30). The highest BCUT2D eigenvalue weighted by molar-refractivity contribution is 7.98. The number of nitrogens with two attached hydrogens (primary N) is 1. The number of alkyl halides is 3. The van der Waals surface area contributed by atoms with Gasteiger partial charge in [0.15, 0.2) is 5.65 Å². The van der Waals surface area contributed by atoms with E-state index in [9.17, 15) is 18.0 Å². The molecule has 1 fully saturated rings. The number of nitrogens with zero attached hydrogens (tertiary/aromatic N) is 4. The van der Waals surface area contributed by atoms with E-state index < -0.39 is 18.0 Å². The maximum absolute atomic E-state index is 12.5. The molecule has 2 heterocycles. The van der Waals surface area contributed by atoms with Crippen LogP contribution in [0.1, 0.15) is 12.8 Å². The predicted octanol–water partition coefficient (Wildman–Crippen LogP) is 4.37. The zero-order valence-electron chi connectivity index (χ0n) is 16.9. The quantitative estimate of drug-likeness (QED) is 0.477. The van der Waals surface area contributed by atoms with E-state index in [0.29, 0.717) is 34.4 Å². The van der Waals surface area contributed by atoms with Gasteiger partial charge in [0.1, 0.15) is 22.3 Å². The lowest BCUT2D eigenvalue weighted by molar-refractivity contribution is -0.274. The second kappa shape index (κ2) is 8.70. The number of aromatic nitrogens is 3. The smallest absolute Gasteiger partial charge is 0.406 e. The molecule has 0 aliphatic heterocycles. The van der Waals surface area contributed by atoms with E-state index in [-0.39, 0.29) is 11.6 Å². The monoisotopic (exact) mass is 485 g/mol. The fourth-order valence-corrected chi connectivity index (χ4v) is 4.32. The molecule has 0 bridgehead atoms. The highest BCUT2D eigenvalue weighted by atomic mass is 35.5. The molecule has 2 N–H and O–H groups in total. The van der Waals surface area contributed by atoms with Gasteiger partial charge in [0, 0.05) is 24.5 Å². The van der Waals surface area contributed by atoms with Gasteiger partial charge in [-0.1, -0.05) is 11.6 Å². The lowest BCUT2D eigenvalue weighted by atomic mass is 10.1. The van der Waals surface area contributed by atoms with Gasteiger partial charge < -0.3 is 15.4 Å². The number of fused-ring (bicyclic) bond motifs is 1. The molecule has 2 aromatic heterocycles. The number of anilines is 1. The number of hydrogen-bond donors (Lipinski definition) is 1. The first-order valence-electron chi connectivity index (χ1n) is 9.66. The van der Waals surface area contributed by atoms with Crippen LogP contribution in [0.4, 0.5) is 19.0 Å². The van der Waals surface area contributed by atoms with E-state index in [0.717, 1.165) is 24.7 Å². The van der Waals surface area contributed by atoms with Gasteiger partial charge >= 0.3 is 6.36 Å². The number of hydrogen-bond acceptors (Lipinski definition) is 6. The highest BCUT2D eigenvalue weighted by Gasteiger charge is 2.32. The van der Waals surface area contributed by atoms with E-state index in [4.69, 9.17) is 17.3 Å². The maximum Gasteiger partial charge on any atom is 0.573 e. The van der Waals surface area contributed by atoms with Gasteiger partial charge in [-0.2, -0.15) is 0 Å². The van der Waals surface area contributed by atoms with Crippen molar-refractivity contribution in [2.45, 2.75) is 24.2 Å². The van der Waals surface area contributed by atoms with Crippen LogP contribution in [0, 0.1) is 5.92 Å². The summed E-state index contributed by atoms with van der Waals surface area (Å²) in [5.41, 5.74) is 6.75. The largest absolute Gasteiger partial charge is 0.573 e. The summed E-state index contributed by atoms with van der Waals surface area (Å²) in [4.78, 5) is 22.7. The number of primary amides is 1. The van der Waals surface area contributed by atoms with Crippen LogP contribution in [0.2, 0.25) is 5.02 Å². The highest BCUT2D eigenvalue weighted by Crippen LogP contribution is 2.38. The summed E-state index contributed by atoms with van der Waals surface area (Å²) in [5.74, 6) is 0.330. The summed E-state index contributed by atoms with van der Waals surface area (Å²) in [6.45, 7) is 0.714. The van der Waals surface area contributed by atoms with Gasteiger partial charge in [-0.25, -0.2) is 4.98 Å². The number of halogens is 4.